The van der Waals surface area contributed by atoms with E-state index < -0.39 is 0 Å². The molecule has 0 saturated carbocycles. The number of benzene rings is 12. The summed E-state index contributed by atoms with van der Waals surface area (Å²) in [4.78, 5) is 2.49. The Morgan fingerprint density at radius 2 is 0.817 bits per heavy atom. The molecule has 82 heavy (non-hydrogen) atoms. The fourth-order valence-electron chi connectivity index (χ4n) is 14.3. The van der Waals surface area contributed by atoms with Crippen molar-refractivity contribution in [3.8, 4) is 67.1 Å². The van der Waals surface area contributed by atoms with Gasteiger partial charge >= 0.3 is 0 Å². The van der Waals surface area contributed by atoms with Crippen LogP contribution in [0.3, 0.4) is 0 Å². The van der Waals surface area contributed by atoms with Crippen LogP contribution in [0.4, 0.5) is 21.5 Å². The van der Waals surface area contributed by atoms with Crippen molar-refractivity contribution in [2.24, 2.45) is 0 Å². The van der Waals surface area contributed by atoms with Gasteiger partial charge in [-0.05, 0) is 169 Å². The molecule has 0 atom stereocenters. The normalized spacial score (nSPS) is 13.6. The van der Waals surface area contributed by atoms with E-state index >= 15 is 0 Å². The summed E-state index contributed by atoms with van der Waals surface area (Å²) < 4.78 is 19.5. The molecule has 390 valence electrons. The first-order valence-electron chi connectivity index (χ1n) is 28.5. The van der Waals surface area contributed by atoms with E-state index in [-0.39, 0.29) is 16.6 Å². The minimum atomic E-state index is -0.349. The second kappa shape index (κ2) is 18.0. The maximum Gasteiger partial charge on any atom is 0.123 e. The third kappa shape index (κ3) is 7.07. The maximum atomic E-state index is 14.8. The summed E-state index contributed by atoms with van der Waals surface area (Å²) in [5.74, 6) is -0.261. The second-order valence-corrected chi connectivity index (χ2v) is 23.4. The van der Waals surface area contributed by atoms with Gasteiger partial charge in [-0.25, -0.2) is 4.39 Å². The molecule has 0 fully saturated rings. The van der Waals surface area contributed by atoms with Gasteiger partial charge in [0.05, 0.1) is 22.2 Å². The zero-order chi connectivity index (χ0) is 55.0. The quantitative estimate of drug-likeness (QED) is 0.148. The molecule has 14 aromatic rings. The van der Waals surface area contributed by atoms with E-state index in [0.29, 0.717) is 0 Å². The first-order chi connectivity index (χ1) is 40.1. The molecule has 0 bridgehead atoms. The van der Waals surface area contributed by atoms with Gasteiger partial charge in [-0.3, -0.25) is 0 Å². The highest BCUT2D eigenvalue weighted by Gasteiger charge is 2.39. The van der Waals surface area contributed by atoms with Crippen LogP contribution in [0, 0.1) is 5.82 Å². The van der Waals surface area contributed by atoms with Crippen molar-refractivity contribution < 1.29 is 4.39 Å². The first-order valence-corrected chi connectivity index (χ1v) is 28.5. The SMILES string of the molecule is CC1(C)c2ccccc2-c2ccc(N(c3ccc4c(c3)C(C)(C)c3cc(-c5cc6c(-c7ccccc7)c(-c7ccccc7)n(-c7ccc(F)cc7)c6c6ccccc56)ccc3-4)c3ccc4c(c3)c3ccccc3n4-c3ccccc3)cc21. The summed E-state index contributed by atoms with van der Waals surface area (Å²) in [6, 6.07) is 96.5. The van der Waals surface area contributed by atoms with Crippen LogP contribution >= 0.6 is 0 Å². The Morgan fingerprint density at radius 3 is 1.51 bits per heavy atom. The monoisotopic (exact) mass is 1050 g/mol. The van der Waals surface area contributed by atoms with Crippen LogP contribution in [-0.2, 0) is 10.8 Å². The molecule has 2 aliphatic carbocycles. The topological polar surface area (TPSA) is 13.1 Å². The van der Waals surface area contributed by atoms with Crippen LogP contribution in [0.5, 0.6) is 0 Å². The molecule has 4 heteroatoms. The average molecular weight is 1050 g/mol. The zero-order valence-corrected chi connectivity index (χ0v) is 46.1. The molecule has 2 aromatic heterocycles. The van der Waals surface area contributed by atoms with Gasteiger partial charge in [-0.2, -0.15) is 0 Å². The molecule has 0 aliphatic heterocycles. The third-order valence-electron chi connectivity index (χ3n) is 18.1. The summed E-state index contributed by atoms with van der Waals surface area (Å²) >= 11 is 0. The zero-order valence-electron chi connectivity index (χ0n) is 46.1. The standard InChI is InChI=1S/C78H56FN3/c1-77(2)68-30-18-16-27-59(68)61-41-37-56(46-70(61)77)80(55-39-43-73-66(45-55)63-28-17-19-31-72(63)81(73)53-24-12-7-13-25-53)57-38-42-62-60-40-32-51(44-69(60)78(3,4)71(62)47-57)65-48-67-74(49-20-8-5-9-21-49)75(50-22-10-6-11-23-50)82(54-35-33-52(79)34-36-54)76(67)64-29-15-14-26-58(64)65/h5-48H,1-4H3. The number of hydrogen-bond donors (Lipinski definition) is 0. The predicted octanol–water partition coefficient (Wildman–Crippen LogP) is 21.1. The molecule has 12 aromatic carbocycles. The van der Waals surface area contributed by atoms with Crippen LogP contribution < -0.4 is 4.90 Å². The van der Waals surface area contributed by atoms with Crippen LogP contribution in [0.2, 0.25) is 0 Å². The molecule has 0 amide bonds. The summed E-state index contributed by atoms with van der Waals surface area (Å²) in [6.07, 6.45) is 0. The van der Waals surface area contributed by atoms with Gasteiger partial charge in [0.25, 0.3) is 0 Å². The molecule has 0 saturated heterocycles. The largest absolute Gasteiger partial charge is 0.310 e. The highest BCUT2D eigenvalue weighted by molar-refractivity contribution is 6.20. The Hall–Kier alpha value is -10.0. The summed E-state index contributed by atoms with van der Waals surface area (Å²) in [6.45, 7) is 9.54. The number of hydrogen-bond acceptors (Lipinski definition) is 1. The number of para-hydroxylation sites is 2. The number of halogens is 1. The lowest BCUT2D eigenvalue weighted by molar-refractivity contribution is 0.627. The smallest absolute Gasteiger partial charge is 0.123 e. The second-order valence-electron chi connectivity index (χ2n) is 23.4. The van der Waals surface area contributed by atoms with Crippen molar-refractivity contribution in [1.29, 1.82) is 0 Å². The highest BCUT2D eigenvalue weighted by Crippen LogP contribution is 2.55. The third-order valence-corrected chi connectivity index (χ3v) is 18.1. The Morgan fingerprint density at radius 1 is 0.317 bits per heavy atom. The Balaban J connectivity index is 0.873. The lowest BCUT2D eigenvalue weighted by Gasteiger charge is -2.30. The van der Waals surface area contributed by atoms with E-state index in [4.69, 9.17) is 0 Å². The molecule has 3 nitrogen and oxygen atoms in total. The van der Waals surface area contributed by atoms with Crippen LogP contribution in [-0.4, -0.2) is 9.13 Å². The summed E-state index contributed by atoms with van der Waals surface area (Å²) in [7, 11) is 0. The van der Waals surface area contributed by atoms with Crippen LogP contribution in [0.1, 0.15) is 49.9 Å². The number of rotatable bonds is 8. The van der Waals surface area contributed by atoms with Crippen LogP contribution in [0.15, 0.2) is 267 Å². The van der Waals surface area contributed by atoms with E-state index in [9.17, 15) is 4.39 Å². The Labute approximate surface area is 477 Å². The fourth-order valence-corrected chi connectivity index (χ4v) is 14.3. The Bertz CT molecular complexity index is 4910. The molecule has 2 aliphatic rings. The first kappa shape index (κ1) is 47.9. The number of nitrogens with zero attached hydrogens (tertiary/aromatic N) is 3. The van der Waals surface area contributed by atoms with Crippen molar-refractivity contribution in [3.05, 3.63) is 295 Å². The van der Waals surface area contributed by atoms with Crippen molar-refractivity contribution >= 4 is 60.5 Å². The molecule has 0 unspecified atom stereocenters. The van der Waals surface area contributed by atoms with Gasteiger partial charge in [0.2, 0.25) is 0 Å². The molecule has 2 heterocycles. The van der Waals surface area contributed by atoms with Gasteiger partial charge in [0, 0.05) is 66.4 Å². The van der Waals surface area contributed by atoms with Crippen molar-refractivity contribution in [1.82, 2.24) is 9.13 Å². The van der Waals surface area contributed by atoms with Gasteiger partial charge in [-0.15, -0.1) is 0 Å². The highest BCUT2D eigenvalue weighted by atomic mass is 19.1. The van der Waals surface area contributed by atoms with E-state index in [0.717, 1.165) is 72.5 Å². The van der Waals surface area contributed by atoms with Gasteiger partial charge < -0.3 is 14.0 Å². The van der Waals surface area contributed by atoms with E-state index in [2.05, 4.69) is 284 Å². The molecule has 16 rings (SSSR count). The maximum absolute atomic E-state index is 14.8. The van der Waals surface area contributed by atoms with E-state index in [1.165, 1.54) is 77.4 Å². The molecule has 0 N–H and O–H groups in total. The summed E-state index contributed by atoms with van der Waals surface area (Å²) in [5.41, 5.74) is 25.5. The average Bonchev–Trinajstić information content (AvgIpc) is 3.66. The van der Waals surface area contributed by atoms with Gasteiger partial charge in [0.15, 0.2) is 0 Å². The minimum absolute atomic E-state index is 0.171. The van der Waals surface area contributed by atoms with Gasteiger partial charge in [0.1, 0.15) is 5.82 Å². The predicted molar refractivity (Wildman–Crippen MR) is 341 cm³/mol. The molecular weight excluding hydrogens is 998 g/mol. The summed E-state index contributed by atoms with van der Waals surface area (Å²) in [5, 5.41) is 5.86. The number of anilines is 3. The number of fused-ring (bicyclic) bond motifs is 12. The van der Waals surface area contributed by atoms with Crippen molar-refractivity contribution in [2.75, 3.05) is 4.90 Å². The lowest BCUT2D eigenvalue weighted by Crippen LogP contribution is -2.18. The van der Waals surface area contributed by atoms with Crippen molar-refractivity contribution in [3.63, 3.8) is 0 Å². The minimum Gasteiger partial charge on any atom is -0.310 e. The van der Waals surface area contributed by atoms with E-state index in [1.54, 1.807) is 12.1 Å². The Kier molecular flexibility index (Phi) is 10.5. The lowest BCUT2D eigenvalue weighted by atomic mass is 9.81. The van der Waals surface area contributed by atoms with E-state index in [1.807, 2.05) is 12.1 Å². The van der Waals surface area contributed by atoms with Crippen molar-refractivity contribution in [2.45, 2.75) is 38.5 Å². The number of aromatic nitrogens is 2. The molecular formula is C78H56FN3. The van der Waals surface area contributed by atoms with Crippen LogP contribution in [0.25, 0.3) is 111 Å². The van der Waals surface area contributed by atoms with Gasteiger partial charge in [-0.1, -0.05) is 198 Å². The molecule has 0 radical (unpaired) electrons. The molecule has 0 spiro atoms. The fraction of sp³-hybridized carbons (Fsp3) is 0.0769.